The molecule has 40 heavy (non-hydrogen) atoms. The smallest absolute Gasteiger partial charge is 0.348 e. The molecule has 0 unspecified atom stereocenters. The topological polar surface area (TPSA) is 133 Å². The second kappa shape index (κ2) is 11.9. The fourth-order valence-electron chi connectivity index (χ4n) is 4.21. The third-order valence-corrected chi connectivity index (χ3v) is 6.00. The minimum absolute atomic E-state index is 0.0313. The van der Waals surface area contributed by atoms with Crippen LogP contribution in [0.5, 0.6) is 28.9 Å². The molecule has 0 aliphatic rings. The van der Waals surface area contributed by atoms with Gasteiger partial charge in [-0.2, -0.15) is 0 Å². The van der Waals surface area contributed by atoms with Gasteiger partial charge >= 0.3 is 17.5 Å². The van der Waals surface area contributed by atoms with E-state index < -0.39 is 17.4 Å². The average Bonchev–Trinajstić information content (AvgIpc) is 3.35. The lowest BCUT2D eigenvalue weighted by Gasteiger charge is -2.13. The Hall–Kier alpha value is -4.93. The van der Waals surface area contributed by atoms with Gasteiger partial charge in [0, 0.05) is 11.1 Å². The summed E-state index contributed by atoms with van der Waals surface area (Å²) in [6, 6.07) is 9.31. The zero-order valence-electron chi connectivity index (χ0n) is 22.9. The fraction of sp³-hybridized carbons (Fsp3) is 0.276. The van der Waals surface area contributed by atoms with Gasteiger partial charge in [-0.05, 0) is 50.2 Å². The van der Waals surface area contributed by atoms with E-state index >= 15 is 0 Å². The maximum Gasteiger partial charge on any atom is 0.348 e. The van der Waals surface area contributed by atoms with Gasteiger partial charge in [0.15, 0.2) is 39.9 Å². The zero-order valence-corrected chi connectivity index (χ0v) is 22.9. The van der Waals surface area contributed by atoms with E-state index in [-0.39, 0.29) is 52.6 Å². The number of hydrogen-bond acceptors (Lipinski definition) is 11. The molecular weight excluding hydrogens is 524 g/mol. The maximum atomic E-state index is 14.2. The Morgan fingerprint density at radius 3 is 1.98 bits per heavy atom. The van der Waals surface area contributed by atoms with E-state index in [2.05, 4.69) is 0 Å². The van der Waals surface area contributed by atoms with Gasteiger partial charge in [-0.15, -0.1) is 0 Å². The molecular formula is C29H28O11. The first kappa shape index (κ1) is 28.1. The van der Waals surface area contributed by atoms with Crippen LogP contribution in [-0.4, -0.2) is 53.4 Å². The molecule has 4 rings (SSSR count). The monoisotopic (exact) mass is 552 g/mol. The molecule has 0 fully saturated rings. The van der Waals surface area contributed by atoms with Crippen molar-refractivity contribution >= 4 is 22.7 Å². The molecule has 4 aromatic rings. The zero-order chi connectivity index (χ0) is 29.0. The standard InChI is InChI=1S/C29H28O11/c1-7-37-27(31)22-21-26(40-29(22)38-8-2)23(24(30)15-9-11-17(33-3)19(13-15)35-5)25(39-28(21)32)16-10-12-18(34-4)20(14-16)36-6/h9-14H,7-8H2,1-6H3. The lowest BCUT2D eigenvalue weighted by molar-refractivity contribution is 0.0520. The Labute approximate surface area is 229 Å². The van der Waals surface area contributed by atoms with E-state index in [1.54, 1.807) is 38.1 Å². The molecule has 11 nitrogen and oxygen atoms in total. The van der Waals surface area contributed by atoms with E-state index in [1.165, 1.54) is 40.6 Å². The number of benzene rings is 2. The Morgan fingerprint density at radius 1 is 0.750 bits per heavy atom. The highest BCUT2D eigenvalue weighted by Gasteiger charge is 2.33. The van der Waals surface area contributed by atoms with Crippen molar-refractivity contribution in [1.82, 2.24) is 0 Å². The molecule has 2 heterocycles. The largest absolute Gasteiger partial charge is 0.493 e. The third kappa shape index (κ3) is 4.93. The number of hydrogen-bond donors (Lipinski definition) is 0. The van der Waals surface area contributed by atoms with Crippen molar-refractivity contribution in [3.63, 3.8) is 0 Å². The molecule has 0 amide bonds. The molecule has 0 aliphatic carbocycles. The Balaban J connectivity index is 2.10. The highest BCUT2D eigenvalue weighted by atomic mass is 16.6. The van der Waals surface area contributed by atoms with Crippen molar-refractivity contribution in [3.05, 3.63) is 63.5 Å². The molecule has 0 N–H and O–H groups in total. The number of ketones is 1. The van der Waals surface area contributed by atoms with Crippen molar-refractivity contribution < 1.29 is 46.8 Å². The molecule has 0 radical (unpaired) electrons. The van der Waals surface area contributed by atoms with E-state index in [0.717, 1.165) is 0 Å². The van der Waals surface area contributed by atoms with Crippen LogP contribution in [0.1, 0.15) is 40.1 Å². The summed E-state index contributed by atoms with van der Waals surface area (Å²) in [5.74, 6) is -0.384. The lowest BCUT2D eigenvalue weighted by Crippen LogP contribution is -2.13. The second-order valence-electron chi connectivity index (χ2n) is 8.18. The molecule has 2 aromatic heterocycles. The van der Waals surface area contributed by atoms with Gasteiger partial charge in [0.05, 0.1) is 41.7 Å². The van der Waals surface area contributed by atoms with Crippen LogP contribution < -0.4 is 29.3 Å². The van der Waals surface area contributed by atoms with Crippen molar-refractivity contribution in [2.24, 2.45) is 0 Å². The normalized spacial score (nSPS) is 10.8. The summed E-state index contributed by atoms with van der Waals surface area (Å²) in [6.45, 7) is 3.43. The number of carbonyl (C=O) groups is 2. The lowest BCUT2D eigenvalue weighted by atomic mass is 9.96. The van der Waals surface area contributed by atoms with Crippen molar-refractivity contribution in [2.75, 3.05) is 41.7 Å². The first-order valence-electron chi connectivity index (χ1n) is 12.3. The van der Waals surface area contributed by atoms with Crippen LogP contribution >= 0.6 is 0 Å². The predicted octanol–water partition coefficient (Wildman–Crippen LogP) is 4.89. The summed E-state index contributed by atoms with van der Waals surface area (Å²) in [6.07, 6.45) is 0. The van der Waals surface area contributed by atoms with Gasteiger partial charge in [0.1, 0.15) is 10.9 Å². The summed E-state index contributed by atoms with van der Waals surface area (Å²) in [5, 5.41) is -0.282. The highest BCUT2D eigenvalue weighted by Crippen LogP contribution is 2.40. The van der Waals surface area contributed by atoms with Crippen LogP contribution in [-0.2, 0) is 4.74 Å². The number of rotatable bonds is 11. The SMILES string of the molecule is CCOC(=O)c1c(OCC)oc2c(C(=O)c3ccc(OC)c(OC)c3)c(-c3ccc(OC)c(OC)c3)oc(=O)c12. The van der Waals surface area contributed by atoms with E-state index in [4.69, 9.17) is 37.3 Å². The first-order chi connectivity index (χ1) is 19.3. The number of esters is 1. The third-order valence-electron chi connectivity index (χ3n) is 6.00. The number of ether oxygens (including phenoxy) is 6. The predicted molar refractivity (Wildman–Crippen MR) is 143 cm³/mol. The van der Waals surface area contributed by atoms with Crippen LogP contribution in [0, 0.1) is 0 Å². The molecule has 0 spiro atoms. The molecule has 0 atom stereocenters. The minimum Gasteiger partial charge on any atom is -0.493 e. The van der Waals surface area contributed by atoms with Crippen molar-refractivity contribution in [1.29, 1.82) is 0 Å². The summed E-state index contributed by atoms with van der Waals surface area (Å²) < 4.78 is 43.7. The Kier molecular flexibility index (Phi) is 8.32. The van der Waals surface area contributed by atoms with Gasteiger partial charge in [-0.1, -0.05) is 0 Å². The molecule has 0 aliphatic heterocycles. The Morgan fingerprint density at radius 2 is 1.38 bits per heavy atom. The van der Waals surface area contributed by atoms with Gasteiger partial charge < -0.3 is 37.3 Å². The van der Waals surface area contributed by atoms with E-state index in [0.29, 0.717) is 28.6 Å². The summed E-state index contributed by atoms with van der Waals surface area (Å²) in [4.78, 5) is 40.4. The summed E-state index contributed by atoms with van der Waals surface area (Å²) in [5.41, 5.74) is -1.05. The molecule has 210 valence electrons. The van der Waals surface area contributed by atoms with Gasteiger partial charge in [-0.3, -0.25) is 4.79 Å². The van der Waals surface area contributed by atoms with Crippen molar-refractivity contribution in [2.45, 2.75) is 13.8 Å². The van der Waals surface area contributed by atoms with Gasteiger partial charge in [0.2, 0.25) is 5.78 Å². The van der Waals surface area contributed by atoms with E-state index in [1.807, 2.05) is 0 Å². The average molecular weight is 553 g/mol. The summed E-state index contributed by atoms with van der Waals surface area (Å²) in [7, 11) is 5.83. The molecule has 0 saturated carbocycles. The first-order valence-corrected chi connectivity index (χ1v) is 12.3. The highest BCUT2D eigenvalue weighted by molar-refractivity contribution is 6.20. The quantitative estimate of drug-likeness (QED) is 0.186. The summed E-state index contributed by atoms with van der Waals surface area (Å²) >= 11 is 0. The molecule has 11 heteroatoms. The van der Waals surface area contributed by atoms with Crippen LogP contribution in [0.15, 0.2) is 50.0 Å². The Bertz CT molecular complexity index is 1630. The molecule has 0 bridgehead atoms. The minimum atomic E-state index is -0.929. The maximum absolute atomic E-state index is 14.2. The molecule has 2 aromatic carbocycles. The van der Waals surface area contributed by atoms with Crippen LogP contribution in [0.4, 0.5) is 0 Å². The van der Waals surface area contributed by atoms with Crippen LogP contribution in [0.2, 0.25) is 0 Å². The van der Waals surface area contributed by atoms with Gasteiger partial charge in [-0.25, -0.2) is 9.59 Å². The van der Waals surface area contributed by atoms with Gasteiger partial charge in [0.25, 0.3) is 0 Å². The number of furan rings is 1. The second-order valence-corrected chi connectivity index (χ2v) is 8.18. The van der Waals surface area contributed by atoms with Crippen LogP contribution in [0.3, 0.4) is 0 Å². The number of carbonyl (C=O) groups excluding carboxylic acids is 2. The fourth-order valence-corrected chi connectivity index (χ4v) is 4.21. The van der Waals surface area contributed by atoms with E-state index in [9.17, 15) is 14.4 Å². The van der Waals surface area contributed by atoms with Crippen molar-refractivity contribution in [3.8, 4) is 40.3 Å². The molecule has 0 saturated heterocycles. The van der Waals surface area contributed by atoms with Crippen LogP contribution in [0.25, 0.3) is 22.3 Å². The number of methoxy groups -OCH3 is 4. The number of fused-ring (bicyclic) bond motifs is 1.